The molecule has 0 aliphatic heterocycles. The fraction of sp³-hybridized carbons (Fsp3) is 0.647. The van der Waals surface area contributed by atoms with Crippen molar-refractivity contribution >= 4 is 11.8 Å². The fourth-order valence-corrected chi connectivity index (χ4v) is 3.09. The Balaban J connectivity index is 2.69. The molecule has 0 fully saturated rings. The summed E-state index contributed by atoms with van der Waals surface area (Å²) in [6.45, 7) is 9.22. The van der Waals surface area contributed by atoms with E-state index in [0.29, 0.717) is 0 Å². The first-order valence-electron chi connectivity index (χ1n) is 7.42. The second-order valence-electron chi connectivity index (χ2n) is 6.43. The van der Waals surface area contributed by atoms with Gasteiger partial charge < -0.3 is 15.2 Å². The molecule has 0 aromatic heterocycles. The zero-order chi connectivity index (χ0) is 16.0. The van der Waals surface area contributed by atoms with Gasteiger partial charge in [-0.1, -0.05) is 19.9 Å². The van der Waals surface area contributed by atoms with Crippen LogP contribution in [0.1, 0.15) is 45.7 Å². The van der Waals surface area contributed by atoms with Crippen LogP contribution in [-0.4, -0.2) is 31.1 Å². The smallest absolute Gasteiger partial charge is 0.132 e. The number of thioether (sulfide) groups is 1. The first-order chi connectivity index (χ1) is 9.79. The van der Waals surface area contributed by atoms with E-state index in [9.17, 15) is 5.11 Å². The maximum atomic E-state index is 9.55. The molecule has 1 rings (SSSR count). The zero-order valence-electron chi connectivity index (χ0n) is 14.1. The predicted octanol–water partition coefficient (Wildman–Crippen LogP) is 3.86. The van der Waals surface area contributed by atoms with E-state index >= 15 is 0 Å². The number of nitrogens with one attached hydrogen (secondary N) is 1. The third kappa shape index (κ3) is 5.89. The largest absolute Gasteiger partial charge is 0.496 e. The Morgan fingerprint density at radius 3 is 2.52 bits per heavy atom. The fourth-order valence-electron chi connectivity index (χ4n) is 2.54. The minimum absolute atomic E-state index is 0.0751. The lowest BCUT2D eigenvalue weighted by molar-refractivity contribution is 0.127. The molecule has 1 aromatic rings. The molecule has 1 aromatic carbocycles. The van der Waals surface area contributed by atoms with Crippen LogP contribution in [0.4, 0.5) is 0 Å². The van der Waals surface area contributed by atoms with Gasteiger partial charge in [-0.05, 0) is 49.6 Å². The summed E-state index contributed by atoms with van der Waals surface area (Å²) in [5.41, 5.74) is 1.30. The first-order valence-corrected chi connectivity index (χ1v) is 8.65. The number of aliphatic hydroxyl groups is 1. The lowest BCUT2D eigenvalue weighted by Gasteiger charge is -2.28. The zero-order valence-corrected chi connectivity index (χ0v) is 14.9. The molecule has 0 heterocycles. The highest BCUT2D eigenvalue weighted by molar-refractivity contribution is 7.98. The molecule has 120 valence electrons. The molecule has 0 radical (unpaired) electrons. The molecule has 3 nitrogen and oxygen atoms in total. The van der Waals surface area contributed by atoms with Crippen molar-refractivity contribution < 1.29 is 9.84 Å². The molecule has 0 bridgehead atoms. The SMILES string of the molecule is COc1cc(C(C)NCC(C)(C)CC(C)O)ccc1SC. The van der Waals surface area contributed by atoms with Crippen LogP contribution in [0.2, 0.25) is 0 Å². The van der Waals surface area contributed by atoms with E-state index in [1.54, 1.807) is 18.9 Å². The van der Waals surface area contributed by atoms with Crippen molar-refractivity contribution in [3.05, 3.63) is 23.8 Å². The number of methoxy groups -OCH3 is 1. The second kappa shape index (κ2) is 8.06. The Hall–Kier alpha value is -0.710. The summed E-state index contributed by atoms with van der Waals surface area (Å²) in [4.78, 5) is 1.16. The van der Waals surface area contributed by atoms with E-state index < -0.39 is 0 Å². The Morgan fingerprint density at radius 1 is 1.33 bits per heavy atom. The van der Waals surface area contributed by atoms with Crippen molar-refractivity contribution in [3.8, 4) is 5.75 Å². The van der Waals surface area contributed by atoms with Crippen LogP contribution in [0.5, 0.6) is 5.75 Å². The molecule has 21 heavy (non-hydrogen) atoms. The normalized spacial score (nSPS) is 14.8. The first kappa shape index (κ1) is 18.3. The maximum absolute atomic E-state index is 9.55. The average Bonchev–Trinajstić information content (AvgIpc) is 2.42. The standard InChI is InChI=1S/C17H29NO2S/c1-12(19)10-17(3,4)11-18-13(2)14-7-8-16(21-6)15(9-14)20-5/h7-9,12-13,18-19H,10-11H2,1-6H3. The lowest BCUT2D eigenvalue weighted by Crippen LogP contribution is -2.33. The van der Waals surface area contributed by atoms with E-state index in [4.69, 9.17) is 4.74 Å². The molecule has 0 saturated heterocycles. The Kier molecular flexibility index (Phi) is 7.04. The predicted molar refractivity (Wildman–Crippen MR) is 91.3 cm³/mol. The van der Waals surface area contributed by atoms with Crippen LogP contribution in [0.25, 0.3) is 0 Å². The van der Waals surface area contributed by atoms with Gasteiger partial charge >= 0.3 is 0 Å². The van der Waals surface area contributed by atoms with Gasteiger partial charge in [0.05, 0.1) is 13.2 Å². The summed E-state index contributed by atoms with van der Waals surface area (Å²) in [6.07, 6.45) is 2.58. The van der Waals surface area contributed by atoms with Crippen LogP contribution < -0.4 is 10.1 Å². The molecule has 2 atom stereocenters. The van der Waals surface area contributed by atoms with E-state index in [1.165, 1.54) is 5.56 Å². The molecule has 0 spiro atoms. The minimum atomic E-state index is -0.266. The Bertz CT molecular complexity index is 446. The molecule has 2 N–H and O–H groups in total. The van der Waals surface area contributed by atoms with Gasteiger partial charge in [0.25, 0.3) is 0 Å². The van der Waals surface area contributed by atoms with Gasteiger partial charge in [0.15, 0.2) is 0 Å². The molecule has 0 saturated carbocycles. The number of hydrogen-bond donors (Lipinski definition) is 2. The number of benzene rings is 1. The molecular formula is C17H29NO2S. The maximum Gasteiger partial charge on any atom is 0.132 e. The Labute approximate surface area is 133 Å². The number of hydrogen-bond acceptors (Lipinski definition) is 4. The summed E-state index contributed by atoms with van der Waals surface area (Å²) in [6, 6.07) is 6.61. The monoisotopic (exact) mass is 311 g/mol. The molecule has 0 aliphatic rings. The van der Waals surface area contributed by atoms with Gasteiger partial charge in [0.2, 0.25) is 0 Å². The van der Waals surface area contributed by atoms with Crippen molar-refractivity contribution in [1.29, 1.82) is 0 Å². The summed E-state index contributed by atoms with van der Waals surface area (Å²) < 4.78 is 5.44. The Morgan fingerprint density at radius 2 is 2.00 bits per heavy atom. The third-order valence-corrected chi connectivity index (χ3v) is 4.42. The summed E-state index contributed by atoms with van der Waals surface area (Å²) >= 11 is 1.69. The van der Waals surface area contributed by atoms with Crippen molar-refractivity contribution in [3.63, 3.8) is 0 Å². The molecule has 2 unspecified atom stereocenters. The van der Waals surface area contributed by atoms with Crippen LogP contribution in [0.15, 0.2) is 23.1 Å². The summed E-state index contributed by atoms with van der Waals surface area (Å²) in [5.74, 6) is 0.928. The van der Waals surface area contributed by atoms with Gasteiger partial charge in [-0.15, -0.1) is 11.8 Å². The van der Waals surface area contributed by atoms with Crippen LogP contribution in [-0.2, 0) is 0 Å². The van der Waals surface area contributed by atoms with Crippen molar-refractivity contribution in [2.45, 2.75) is 51.2 Å². The van der Waals surface area contributed by atoms with Crippen molar-refractivity contribution in [2.24, 2.45) is 5.41 Å². The van der Waals surface area contributed by atoms with E-state index in [1.807, 2.05) is 6.92 Å². The summed E-state index contributed by atoms with van der Waals surface area (Å²) in [5, 5.41) is 13.1. The van der Waals surface area contributed by atoms with Gasteiger partial charge in [0, 0.05) is 17.5 Å². The lowest BCUT2D eigenvalue weighted by atomic mass is 9.86. The van der Waals surface area contributed by atoms with Gasteiger partial charge in [-0.3, -0.25) is 0 Å². The van der Waals surface area contributed by atoms with E-state index in [2.05, 4.69) is 50.5 Å². The van der Waals surface area contributed by atoms with Gasteiger partial charge in [-0.2, -0.15) is 0 Å². The van der Waals surface area contributed by atoms with Crippen LogP contribution in [0.3, 0.4) is 0 Å². The summed E-state index contributed by atoms with van der Waals surface area (Å²) in [7, 11) is 1.71. The second-order valence-corrected chi connectivity index (χ2v) is 7.28. The molecule has 0 amide bonds. The van der Waals surface area contributed by atoms with Crippen LogP contribution >= 0.6 is 11.8 Å². The van der Waals surface area contributed by atoms with Crippen molar-refractivity contribution in [1.82, 2.24) is 5.32 Å². The van der Waals surface area contributed by atoms with Crippen molar-refractivity contribution in [2.75, 3.05) is 19.9 Å². The topological polar surface area (TPSA) is 41.5 Å². The highest BCUT2D eigenvalue weighted by Crippen LogP contribution is 2.30. The highest BCUT2D eigenvalue weighted by atomic mass is 32.2. The van der Waals surface area contributed by atoms with Gasteiger partial charge in [0.1, 0.15) is 5.75 Å². The molecule has 0 aliphatic carbocycles. The molecular weight excluding hydrogens is 282 g/mol. The average molecular weight is 311 g/mol. The third-order valence-electron chi connectivity index (χ3n) is 3.64. The minimum Gasteiger partial charge on any atom is -0.496 e. The number of aliphatic hydroxyl groups excluding tert-OH is 1. The number of rotatable bonds is 8. The van der Waals surface area contributed by atoms with E-state index in [-0.39, 0.29) is 17.6 Å². The highest BCUT2D eigenvalue weighted by Gasteiger charge is 2.21. The molecule has 4 heteroatoms. The quantitative estimate of drug-likeness (QED) is 0.715. The number of ether oxygens (including phenoxy) is 1. The van der Waals surface area contributed by atoms with E-state index in [0.717, 1.165) is 23.6 Å². The van der Waals surface area contributed by atoms with Gasteiger partial charge in [-0.25, -0.2) is 0 Å². The van der Waals surface area contributed by atoms with Crippen LogP contribution in [0, 0.1) is 5.41 Å².